The Morgan fingerprint density at radius 3 is 1.96 bits per heavy atom. The normalized spacial score (nSPS) is 28.6. The maximum absolute atomic E-state index is 11.6. The molecule has 1 aromatic rings. The molecule has 0 atom stereocenters. The van der Waals surface area contributed by atoms with Crippen LogP contribution in [0.15, 0.2) is 12.3 Å². The molecule has 0 aromatic carbocycles. The first-order valence-corrected chi connectivity index (χ1v) is 11.5. The molecular formula is C14H21N5O4S2. The van der Waals surface area contributed by atoms with E-state index in [0.29, 0.717) is 49.5 Å². The van der Waals surface area contributed by atoms with E-state index in [0.717, 1.165) is 12.8 Å². The topological polar surface area (TPSA) is 135 Å². The first-order chi connectivity index (χ1) is 11.7. The minimum absolute atomic E-state index is 0.299. The zero-order valence-electron chi connectivity index (χ0n) is 13.7. The van der Waals surface area contributed by atoms with Gasteiger partial charge in [0, 0.05) is 32.4 Å². The lowest BCUT2D eigenvalue weighted by Crippen LogP contribution is -2.72. The summed E-state index contributed by atoms with van der Waals surface area (Å²) in [5.41, 5.74) is 5.55. The lowest BCUT2D eigenvalue weighted by atomic mass is 9.95. The second kappa shape index (κ2) is 5.27. The summed E-state index contributed by atoms with van der Waals surface area (Å²) in [5, 5.41) is 2.98. The fourth-order valence-electron chi connectivity index (χ4n) is 3.58. The van der Waals surface area contributed by atoms with Crippen molar-refractivity contribution < 1.29 is 16.8 Å². The Kier molecular flexibility index (Phi) is 3.58. The van der Waals surface area contributed by atoms with E-state index in [-0.39, 0.29) is 4.75 Å². The summed E-state index contributed by atoms with van der Waals surface area (Å²) in [7, 11) is -5.51. The van der Waals surface area contributed by atoms with Gasteiger partial charge in [-0.05, 0) is 18.9 Å². The molecule has 25 heavy (non-hydrogen) atoms. The van der Waals surface area contributed by atoms with Crippen LogP contribution < -0.4 is 16.0 Å². The third-order valence-corrected chi connectivity index (χ3v) is 10.8. The van der Waals surface area contributed by atoms with Gasteiger partial charge in [0.05, 0.1) is 16.3 Å². The van der Waals surface area contributed by atoms with E-state index in [1.165, 1.54) is 0 Å². The maximum Gasteiger partial charge on any atom is 0.227 e. The summed E-state index contributed by atoms with van der Waals surface area (Å²) in [6.45, 7) is 2.38. The van der Waals surface area contributed by atoms with Gasteiger partial charge in [0.15, 0.2) is 19.7 Å². The average molecular weight is 387 g/mol. The van der Waals surface area contributed by atoms with E-state index in [1.54, 1.807) is 12.3 Å². The van der Waals surface area contributed by atoms with E-state index in [9.17, 15) is 16.8 Å². The number of rotatable bonds is 1. The first-order valence-electron chi connectivity index (χ1n) is 8.18. The third-order valence-electron chi connectivity index (χ3n) is 5.77. The Bertz CT molecular complexity index is 899. The van der Waals surface area contributed by atoms with Gasteiger partial charge in [-0.15, -0.1) is 0 Å². The molecule has 0 bridgehead atoms. The molecule has 4 aliphatic rings. The SMILES string of the molecule is Nc1ccnc(N2CC3(CCS3(=O)=O)C2)n1.O=S1(=O)CCC12CNC2. The van der Waals surface area contributed by atoms with Crippen LogP contribution in [0, 0.1) is 0 Å². The lowest BCUT2D eigenvalue weighted by molar-refractivity contribution is 0.327. The van der Waals surface area contributed by atoms with Crippen LogP contribution in [0.3, 0.4) is 0 Å². The zero-order chi connectivity index (χ0) is 17.9. The standard InChI is InChI=1S/C9H12N4O2S.C5H9NO2S/c10-7-1-3-11-8(12-7)13-5-9(6-13)2-4-16(9,14)15;7-9(8)2-1-5(9)3-6-4-5/h1,3H,2,4-6H2,(H2,10,11,12);6H,1-4H2. The summed E-state index contributed by atoms with van der Waals surface area (Å²) in [4.78, 5) is 9.99. The zero-order valence-corrected chi connectivity index (χ0v) is 15.3. The molecule has 0 amide bonds. The molecule has 5 rings (SSSR count). The molecule has 1 aromatic heterocycles. The number of hydrogen-bond acceptors (Lipinski definition) is 9. The predicted molar refractivity (Wildman–Crippen MR) is 93.8 cm³/mol. The molecule has 5 heterocycles. The van der Waals surface area contributed by atoms with Gasteiger partial charge in [-0.1, -0.05) is 0 Å². The van der Waals surface area contributed by atoms with Crippen LogP contribution >= 0.6 is 0 Å². The minimum atomic E-state index is -2.86. The Morgan fingerprint density at radius 1 is 1.04 bits per heavy atom. The van der Waals surface area contributed by atoms with Gasteiger partial charge in [0.1, 0.15) is 10.6 Å². The predicted octanol–water partition coefficient (Wildman–Crippen LogP) is -1.42. The van der Waals surface area contributed by atoms with Crippen molar-refractivity contribution >= 4 is 31.4 Å². The number of anilines is 2. The molecule has 4 saturated heterocycles. The van der Waals surface area contributed by atoms with Crippen LogP contribution in [0.2, 0.25) is 0 Å². The largest absolute Gasteiger partial charge is 0.384 e. The van der Waals surface area contributed by atoms with Crippen molar-refractivity contribution in [1.29, 1.82) is 0 Å². The highest BCUT2D eigenvalue weighted by Gasteiger charge is 2.60. The molecule has 0 saturated carbocycles. The van der Waals surface area contributed by atoms with Gasteiger partial charge in [0.25, 0.3) is 0 Å². The maximum atomic E-state index is 11.6. The van der Waals surface area contributed by atoms with Crippen LogP contribution in [0.4, 0.5) is 11.8 Å². The molecule has 9 nitrogen and oxygen atoms in total. The molecule has 0 unspecified atom stereocenters. The quantitative estimate of drug-likeness (QED) is 0.595. The molecule has 4 fully saturated rings. The van der Waals surface area contributed by atoms with E-state index in [2.05, 4.69) is 15.3 Å². The summed E-state index contributed by atoms with van der Waals surface area (Å²) in [6.07, 6.45) is 3.22. The van der Waals surface area contributed by atoms with Gasteiger partial charge in [-0.25, -0.2) is 21.8 Å². The average Bonchev–Trinajstić information content (AvgIpc) is 2.43. The van der Waals surface area contributed by atoms with Crippen molar-refractivity contribution in [1.82, 2.24) is 15.3 Å². The van der Waals surface area contributed by atoms with Crippen molar-refractivity contribution in [2.75, 3.05) is 48.3 Å². The number of nitrogens with two attached hydrogens (primary N) is 1. The fourth-order valence-corrected chi connectivity index (χ4v) is 7.15. The van der Waals surface area contributed by atoms with E-state index in [1.807, 2.05) is 4.90 Å². The Balaban J connectivity index is 0.000000147. The van der Waals surface area contributed by atoms with Crippen molar-refractivity contribution in [3.8, 4) is 0 Å². The Morgan fingerprint density at radius 2 is 1.64 bits per heavy atom. The smallest absolute Gasteiger partial charge is 0.227 e. The molecule has 3 N–H and O–H groups in total. The molecule has 2 spiro atoms. The van der Waals surface area contributed by atoms with E-state index in [4.69, 9.17) is 5.73 Å². The number of nitrogens with one attached hydrogen (secondary N) is 1. The second-order valence-corrected chi connectivity index (χ2v) is 12.3. The van der Waals surface area contributed by atoms with Crippen LogP contribution in [-0.2, 0) is 19.7 Å². The molecule has 138 valence electrons. The van der Waals surface area contributed by atoms with Crippen LogP contribution in [0.1, 0.15) is 12.8 Å². The van der Waals surface area contributed by atoms with Gasteiger partial charge < -0.3 is 16.0 Å². The second-order valence-electron chi connectivity index (χ2n) is 7.24. The Labute approximate surface area is 146 Å². The number of hydrogen-bond donors (Lipinski definition) is 2. The molecule has 11 heteroatoms. The first kappa shape index (κ1) is 17.0. The van der Waals surface area contributed by atoms with Gasteiger partial charge in [-0.2, -0.15) is 4.98 Å². The molecule has 4 aliphatic heterocycles. The third kappa shape index (κ3) is 2.43. The highest BCUT2D eigenvalue weighted by Crippen LogP contribution is 2.43. The van der Waals surface area contributed by atoms with Crippen LogP contribution in [0.5, 0.6) is 0 Å². The number of aromatic nitrogens is 2. The van der Waals surface area contributed by atoms with Crippen molar-refractivity contribution in [3.63, 3.8) is 0 Å². The monoisotopic (exact) mass is 387 g/mol. The highest BCUT2D eigenvalue weighted by molar-refractivity contribution is 7.94. The van der Waals surface area contributed by atoms with Gasteiger partial charge in [-0.3, -0.25) is 0 Å². The molecule has 0 radical (unpaired) electrons. The van der Waals surface area contributed by atoms with Crippen molar-refractivity contribution in [2.24, 2.45) is 0 Å². The summed E-state index contributed by atoms with van der Waals surface area (Å²) in [5.74, 6) is 1.66. The highest BCUT2D eigenvalue weighted by atomic mass is 32.2. The van der Waals surface area contributed by atoms with E-state index < -0.39 is 24.4 Å². The summed E-state index contributed by atoms with van der Waals surface area (Å²) >= 11 is 0. The molecule has 0 aliphatic carbocycles. The lowest BCUT2D eigenvalue weighted by Gasteiger charge is -2.54. The van der Waals surface area contributed by atoms with Crippen LogP contribution in [0.25, 0.3) is 0 Å². The van der Waals surface area contributed by atoms with Crippen molar-refractivity contribution in [2.45, 2.75) is 22.3 Å². The fraction of sp³-hybridized carbons (Fsp3) is 0.714. The van der Waals surface area contributed by atoms with Gasteiger partial charge >= 0.3 is 0 Å². The van der Waals surface area contributed by atoms with Gasteiger partial charge in [0.2, 0.25) is 5.95 Å². The molecular weight excluding hydrogens is 366 g/mol. The number of nitrogens with zero attached hydrogens (tertiary/aromatic N) is 3. The number of nitrogen functional groups attached to an aromatic ring is 1. The van der Waals surface area contributed by atoms with E-state index >= 15 is 0 Å². The summed E-state index contributed by atoms with van der Waals surface area (Å²) in [6, 6.07) is 1.61. The van der Waals surface area contributed by atoms with Crippen LogP contribution in [-0.4, -0.2) is 74.0 Å². The number of sulfone groups is 2. The Hall–Kier alpha value is -1.46. The minimum Gasteiger partial charge on any atom is -0.384 e. The van der Waals surface area contributed by atoms with Crippen molar-refractivity contribution in [3.05, 3.63) is 12.3 Å². The summed E-state index contributed by atoms with van der Waals surface area (Å²) < 4.78 is 44.3.